The number of hydrogen-bond acceptors (Lipinski definition) is 2. The highest BCUT2D eigenvalue weighted by Crippen LogP contribution is 2.27. The Morgan fingerprint density at radius 3 is 2.79 bits per heavy atom. The number of aryl methyl sites for hydroxylation is 1. The zero-order chi connectivity index (χ0) is 14.0. The molecule has 0 radical (unpaired) electrons. The topological polar surface area (TPSA) is 49.3 Å². The third-order valence-electron chi connectivity index (χ3n) is 2.64. The zero-order valence-corrected chi connectivity index (χ0v) is 13.8. The molecule has 0 atom stereocenters. The molecular weight excluding hydrogens is 421 g/mol. The Morgan fingerprint density at radius 2 is 2.05 bits per heavy atom. The van der Waals surface area contributed by atoms with Gasteiger partial charge in [0.2, 0.25) is 0 Å². The molecule has 0 aliphatic rings. The summed E-state index contributed by atoms with van der Waals surface area (Å²) in [6, 6.07) is 10.5. The normalized spacial score (nSPS) is 10.3. The molecule has 0 aliphatic carbocycles. The van der Waals surface area contributed by atoms with Gasteiger partial charge >= 0.3 is 0 Å². The summed E-state index contributed by atoms with van der Waals surface area (Å²) >= 11 is 5.53. The zero-order valence-electron chi connectivity index (χ0n) is 10.1. The predicted molar refractivity (Wildman–Crippen MR) is 87.7 cm³/mol. The van der Waals surface area contributed by atoms with Gasteiger partial charge in [-0.25, -0.2) is 0 Å². The molecule has 0 saturated heterocycles. The van der Waals surface area contributed by atoms with E-state index in [1.54, 1.807) is 18.2 Å². The molecule has 0 saturated carbocycles. The Bertz CT molecular complexity index is 643. The van der Waals surface area contributed by atoms with Crippen LogP contribution in [-0.2, 0) is 0 Å². The van der Waals surface area contributed by atoms with Gasteiger partial charge in [-0.3, -0.25) is 4.79 Å². The van der Waals surface area contributed by atoms with Gasteiger partial charge in [0.25, 0.3) is 5.91 Å². The third kappa shape index (κ3) is 3.27. The van der Waals surface area contributed by atoms with E-state index >= 15 is 0 Å². The average molecular weight is 432 g/mol. The Labute approximate surface area is 133 Å². The Kier molecular flexibility index (Phi) is 4.46. The second-order valence-corrected chi connectivity index (χ2v) is 6.09. The number of amides is 1. The second kappa shape index (κ2) is 5.92. The summed E-state index contributed by atoms with van der Waals surface area (Å²) in [5.41, 5.74) is 1.98. The predicted octanol–water partition coefficient (Wildman–Crippen LogP) is 4.32. The van der Waals surface area contributed by atoms with Crippen molar-refractivity contribution in [1.82, 2.24) is 0 Å². The van der Waals surface area contributed by atoms with Crippen LogP contribution in [0.15, 0.2) is 40.9 Å². The molecule has 0 aromatic heterocycles. The van der Waals surface area contributed by atoms with Crippen molar-refractivity contribution in [2.45, 2.75) is 6.92 Å². The maximum absolute atomic E-state index is 12.2. The monoisotopic (exact) mass is 431 g/mol. The average Bonchev–Trinajstić information content (AvgIpc) is 2.38. The van der Waals surface area contributed by atoms with Crippen molar-refractivity contribution in [1.29, 1.82) is 0 Å². The maximum atomic E-state index is 12.2. The highest BCUT2D eigenvalue weighted by molar-refractivity contribution is 14.1. The Hall–Kier alpha value is -1.08. The third-order valence-corrected chi connectivity index (χ3v) is 4.37. The lowest BCUT2D eigenvalue weighted by Crippen LogP contribution is -2.13. The minimum Gasteiger partial charge on any atom is -0.507 e. The van der Waals surface area contributed by atoms with E-state index in [1.807, 2.05) is 19.1 Å². The SMILES string of the molecule is Cc1cccc(NC(=O)c2cc(I)ccc2O)c1Br. The summed E-state index contributed by atoms with van der Waals surface area (Å²) < 4.78 is 1.73. The van der Waals surface area contributed by atoms with Gasteiger partial charge in [-0.2, -0.15) is 0 Å². The largest absolute Gasteiger partial charge is 0.507 e. The van der Waals surface area contributed by atoms with E-state index in [-0.39, 0.29) is 17.2 Å². The van der Waals surface area contributed by atoms with Crippen molar-refractivity contribution in [3.8, 4) is 5.75 Å². The van der Waals surface area contributed by atoms with E-state index < -0.39 is 0 Å². The van der Waals surface area contributed by atoms with Crippen LogP contribution in [0, 0.1) is 10.5 Å². The molecule has 0 fully saturated rings. The number of halogens is 2. The molecular formula is C14H11BrINO2. The molecule has 0 heterocycles. The summed E-state index contributed by atoms with van der Waals surface area (Å²) in [5, 5.41) is 12.5. The first kappa shape index (κ1) is 14.3. The summed E-state index contributed by atoms with van der Waals surface area (Å²) in [6.07, 6.45) is 0. The van der Waals surface area contributed by atoms with Crippen LogP contribution >= 0.6 is 38.5 Å². The number of hydrogen-bond donors (Lipinski definition) is 2. The lowest BCUT2D eigenvalue weighted by Gasteiger charge is -2.10. The number of carbonyl (C=O) groups is 1. The molecule has 0 bridgehead atoms. The van der Waals surface area contributed by atoms with Gasteiger partial charge in [-0.05, 0) is 75.3 Å². The fourth-order valence-electron chi connectivity index (χ4n) is 1.62. The number of aromatic hydroxyl groups is 1. The standard InChI is InChI=1S/C14H11BrINO2/c1-8-3-2-4-11(13(8)15)17-14(19)10-7-9(16)5-6-12(10)18/h2-7,18H,1H3,(H,17,19). The number of carbonyl (C=O) groups excluding carboxylic acids is 1. The number of anilines is 1. The van der Waals surface area contributed by atoms with E-state index in [0.717, 1.165) is 13.6 Å². The van der Waals surface area contributed by atoms with Crippen LogP contribution in [-0.4, -0.2) is 11.0 Å². The summed E-state index contributed by atoms with van der Waals surface area (Å²) in [6.45, 7) is 1.95. The summed E-state index contributed by atoms with van der Waals surface area (Å²) in [4.78, 5) is 12.2. The van der Waals surface area contributed by atoms with E-state index in [2.05, 4.69) is 43.8 Å². The molecule has 1 amide bonds. The first-order chi connectivity index (χ1) is 8.99. The van der Waals surface area contributed by atoms with Gasteiger partial charge in [0.15, 0.2) is 0 Å². The molecule has 2 rings (SSSR count). The van der Waals surface area contributed by atoms with Crippen molar-refractivity contribution < 1.29 is 9.90 Å². The van der Waals surface area contributed by atoms with E-state index in [9.17, 15) is 9.90 Å². The fourth-order valence-corrected chi connectivity index (χ4v) is 2.48. The molecule has 0 unspecified atom stereocenters. The van der Waals surface area contributed by atoms with Gasteiger partial charge in [0.05, 0.1) is 11.3 Å². The quantitative estimate of drug-likeness (QED) is 0.695. The number of nitrogens with one attached hydrogen (secondary N) is 1. The number of phenols is 1. The Morgan fingerprint density at radius 1 is 1.32 bits per heavy atom. The number of benzene rings is 2. The van der Waals surface area contributed by atoms with Crippen LogP contribution in [0.4, 0.5) is 5.69 Å². The number of phenolic OH excluding ortho intramolecular Hbond substituents is 1. The lowest BCUT2D eigenvalue weighted by atomic mass is 10.1. The Balaban J connectivity index is 2.31. The van der Waals surface area contributed by atoms with Gasteiger partial charge in [-0.15, -0.1) is 0 Å². The first-order valence-electron chi connectivity index (χ1n) is 5.54. The fraction of sp³-hybridized carbons (Fsp3) is 0.0714. The minimum absolute atomic E-state index is 0.0262. The van der Waals surface area contributed by atoms with Gasteiger partial charge in [0, 0.05) is 8.04 Å². The molecule has 3 nitrogen and oxygen atoms in total. The van der Waals surface area contributed by atoms with E-state index in [4.69, 9.17) is 0 Å². The smallest absolute Gasteiger partial charge is 0.259 e. The molecule has 2 N–H and O–H groups in total. The highest BCUT2D eigenvalue weighted by Gasteiger charge is 2.13. The molecule has 5 heteroatoms. The lowest BCUT2D eigenvalue weighted by molar-refractivity contribution is 0.102. The second-order valence-electron chi connectivity index (χ2n) is 4.05. The van der Waals surface area contributed by atoms with Crippen LogP contribution in [0.5, 0.6) is 5.75 Å². The van der Waals surface area contributed by atoms with Crippen LogP contribution in [0.2, 0.25) is 0 Å². The number of rotatable bonds is 2. The minimum atomic E-state index is -0.331. The van der Waals surface area contributed by atoms with Crippen molar-refractivity contribution in [2.24, 2.45) is 0 Å². The van der Waals surface area contributed by atoms with Crippen LogP contribution in [0.1, 0.15) is 15.9 Å². The molecule has 0 spiro atoms. The molecule has 98 valence electrons. The molecule has 2 aromatic rings. The van der Waals surface area contributed by atoms with Gasteiger partial charge in [-0.1, -0.05) is 12.1 Å². The van der Waals surface area contributed by atoms with Gasteiger partial charge < -0.3 is 10.4 Å². The molecule has 0 aliphatic heterocycles. The summed E-state index contributed by atoms with van der Waals surface area (Å²) in [7, 11) is 0. The summed E-state index contributed by atoms with van der Waals surface area (Å²) in [5.74, 6) is -0.357. The van der Waals surface area contributed by atoms with Crippen molar-refractivity contribution in [2.75, 3.05) is 5.32 Å². The van der Waals surface area contributed by atoms with E-state index in [0.29, 0.717) is 5.69 Å². The van der Waals surface area contributed by atoms with Crippen LogP contribution < -0.4 is 5.32 Å². The van der Waals surface area contributed by atoms with Crippen molar-refractivity contribution >= 4 is 50.1 Å². The molecule has 2 aromatic carbocycles. The van der Waals surface area contributed by atoms with E-state index in [1.165, 1.54) is 6.07 Å². The molecule has 19 heavy (non-hydrogen) atoms. The first-order valence-corrected chi connectivity index (χ1v) is 7.41. The van der Waals surface area contributed by atoms with Gasteiger partial charge in [0.1, 0.15) is 5.75 Å². The van der Waals surface area contributed by atoms with Crippen molar-refractivity contribution in [3.05, 3.63) is 55.6 Å². The van der Waals surface area contributed by atoms with Crippen LogP contribution in [0.25, 0.3) is 0 Å². The van der Waals surface area contributed by atoms with Crippen LogP contribution in [0.3, 0.4) is 0 Å². The van der Waals surface area contributed by atoms with Crippen molar-refractivity contribution in [3.63, 3.8) is 0 Å². The maximum Gasteiger partial charge on any atom is 0.259 e. The highest BCUT2D eigenvalue weighted by atomic mass is 127.